The van der Waals surface area contributed by atoms with E-state index >= 15 is 0 Å². The van der Waals surface area contributed by atoms with E-state index < -0.39 is 17.7 Å². The molecule has 0 fully saturated rings. The van der Waals surface area contributed by atoms with Gasteiger partial charge in [0.15, 0.2) is 0 Å². The summed E-state index contributed by atoms with van der Waals surface area (Å²) in [4.78, 5) is 11.9. The van der Waals surface area contributed by atoms with Gasteiger partial charge in [-0.2, -0.15) is 0 Å². The first-order valence-corrected chi connectivity index (χ1v) is 6.35. The number of hydrogen-bond donors (Lipinski definition) is 1. The van der Waals surface area contributed by atoms with Crippen LogP contribution >= 0.6 is 0 Å². The van der Waals surface area contributed by atoms with E-state index in [1.54, 1.807) is 13.0 Å². The minimum absolute atomic E-state index is 0.290. The molecule has 0 unspecified atom stereocenters. The monoisotopic (exact) mass is 248 g/mol. The number of carbonyl (C=O) groups is 1. The fourth-order valence-corrected chi connectivity index (χ4v) is 3.00. The highest BCUT2D eigenvalue weighted by atomic mass is 16.6. The molecule has 4 heteroatoms. The van der Waals surface area contributed by atoms with Crippen molar-refractivity contribution in [2.24, 2.45) is 0 Å². The van der Waals surface area contributed by atoms with Crippen molar-refractivity contribution in [1.29, 1.82) is 0 Å². The van der Waals surface area contributed by atoms with Gasteiger partial charge in [0, 0.05) is 5.56 Å². The fraction of sp³-hybridized carbons (Fsp3) is 0.500. The number of aliphatic hydroxyl groups is 1. The number of benzene rings is 1. The van der Waals surface area contributed by atoms with Crippen molar-refractivity contribution in [3.8, 4) is 5.75 Å². The highest BCUT2D eigenvalue weighted by Gasteiger charge is 2.54. The summed E-state index contributed by atoms with van der Waals surface area (Å²) < 4.78 is 10.6. The molecule has 1 aliphatic heterocycles. The van der Waals surface area contributed by atoms with Crippen molar-refractivity contribution < 1.29 is 19.4 Å². The van der Waals surface area contributed by atoms with E-state index in [-0.39, 0.29) is 6.61 Å². The molecule has 1 aliphatic carbocycles. The zero-order valence-electron chi connectivity index (χ0n) is 10.3. The highest BCUT2D eigenvalue weighted by Crippen LogP contribution is 2.49. The molecule has 1 aromatic carbocycles. The first-order chi connectivity index (χ1) is 8.66. The summed E-state index contributed by atoms with van der Waals surface area (Å²) in [5.41, 5.74) is 0.651. The maximum Gasteiger partial charge on any atom is 0.350 e. The lowest BCUT2D eigenvalue weighted by molar-refractivity contribution is -0.163. The molecule has 2 aliphatic rings. The Balaban J connectivity index is 2.05. The second-order valence-electron chi connectivity index (χ2n) is 4.82. The summed E-state index contributed by atoms with van der Waals surface area (Å²) in [5.74, 6) is 0.136. The van der Waals surface area contributed by atoms with E-state index in [0.717, 1.165) is 24.0 Å². The van der Waals surface area contributed by atoms with Gasteiger partial charge >= 0.3 is 5.97 Å². The van der Waals surface area contributed by atoms with Crippen LogP contribution in [0.3, 0.4) is 0 Å². The van der Waals surface area contributed by atoms with Crippen LogP contribution in [0, 0.1) is 0 Å². The summed E-state index contributed by atoms with van der Waals surface area (Å²) in [6.07, 6.45) is 1.39. The second kappa shape index (κ2) is 3.99. The summed E-state index contributed by atoms with van der Waals surface area (Å²) in [6.45, 7) is 2.04. The Hall–Kier alpha value is -1.55. The lowest BCUT2D eigenvalue weighted by Gasteiger charge is -2.31. The van der Waals surface area contributed by atoms with Crippen molar-refractivity contribution in [1.82, 2.24) is 0 Å². The van der Waals surface area contributed by atoms with Gasteiger partial charge in [-0.15, -0.1) is 0 Å². The average molecular weight is 248 g/mol. The van der Waals surface area contributed by atoms with Crippen LogP contribution in [0.2, 0.25) is 0 Å². The number of aryl methyl sites for hydroxylation is 1. The minimum Gasteiger partial charge on any atom is -0.475 e. The predicted molar refractivity (Wildman–Crippen MR) is 64.3 cm³/mol. The largest absolute Gasteiger partial charge is 0.475 e. The van der Waals surface area contributed by atoms with Gasteiger partial charge in [0.05, 0.1) is 6.61 Å². The van der Waals surface area contributed by atoms with Crippen LogP contribution < -0.4 is 4.74 Å². The average Bonchev–Trinajstić information content (AvgIpc) is 2.66. The molecule has 96 valence electrons. The number of ether oxygens (including phenoxy) is 2. The third kappa shape index (κ3) is 1.45. The van der Waals surface area contributed by atoms with Crippen LogP contribution in [0.25, 0.3) is 0 Å². The van der Waals surface area contributed by atoms with E-state index in [1.807, 2.05) is 12.1 Å². The van der Waals surface area contributed by atoms with Crippen molar-refractivity contribution in [2.45, 2.75) is 37.9 Å². The molecule has 0 saturated carbocycles. The number of esters is 1. The molecule has 0 saturated heterocycles. The Morgan fingerprint density at radius 3 is 3.22 bits per heavy atom. The fourth-order valence-electron chi connectivity index (χ4n) is 3.00. The van der Waals surface area contributed by atoms with E-state index in [1.165, 1.54) is 0 Å². The van der Waals surface area contributed by atoms with E-state index in [9.17, 15) is 9.90 Å². The van der Waals surface area contributed by atoms with Crippen LogP contribution in [-0.2, 0) is 21.6 Å². The van der Waals surface area contributed by atoms with Crippen molar-refractivity contribution >= 4 is 5.97 Å². The molecule has 0 radical (unpaired) electrons. The summed E-state index contributed by atoms with van der Waals surface area (Å²) in [5, 5.41) is 10.8. The molecular formula is C14H16O4. The lowest BCUT2D eigenvalue weighted by Crippen LogP contribution is -2.46. The Morgan fingerprint density at radius 2 is 2.44 bits per heavy atom. The van der Waals surface area contributed by atoms with Gasteiger partial charge in [0.1, 0.15) is 11.4 Å². The quantitative estimate of drug-likeness (QED) is 0.806. The molecule has 0 spiro atoms. The van der Waals surface area contributed by atoms with Gasteiger partial charge in [0.25, 0.3) is 0 Å². The first-order valence-electron chi connectivity index (χ1n) is 6.35. The normalized spacial score (nSPS) is 28.4. The lowest BCUT2D eigenvalue weighted by atomic mass is 9.77. The zero-order valence-corrected chi connectivity index (χ0v) is 10.3. The number of rotatable bonds is 2. The molecule has 0 amide bonds. The Morgan fingerprint density at radius 1 is 1.61 bits per heavy atom. The van der Waals surface area contributed by atoms with Crippen LogP contribution in [0.1, 0.15) is 30.9 Å². The van der Waals surface area contributed by atoms with Crippen LogP contribution in [0.5, 0.6) is 5.75 Å². The molecular weight excluding hydrogens is 232 g/mol. The maximum absolute atomic E-state index is 11.9. The van der Waals surface area contributed by atoms with E-state index in [2.05, 4.69) is 0 Å². The van der Waals surface area contributed by atoms with Gasteiger partial charge in [-0.05, 0) is 37.8 Å². The van der Waals surface area contributed by atoms with Crippen LogP contribution in [0.4, 0.5) is 0 Å². The van der Waals surface area contributed by atoms with E-state index in [0.29, 0.717) is 12.2 Å². The zero-order chi connectivity index (χ0) is 12.8. The summed E-state index contributed by atoms with van der Waals surface area (Å²) >= 11 is 0. The summed E-state index contributed by atoms with van der Waals surface area (Å²) in [6, 6.07) is 5.68. The molecule has 4 nitrogen and oxygen atoms in total. The number of hydrogen-bond acceptors (Lipinski definition) is 4. The van der Waals surface area contributed by atoms with Gasteiger partial charge in [-0.3, -0.25) is 0 Å². The number of carbonyl (C=O) groups excluding carboxylic acids is 1. The molecule has 18 heavy (non-hydrogen) atoms. The molecule has 1 N–H and O–H groups in total. The van der Waals surface area contributed by atoms with Gasteiger partial charge in [0.2, 0.25) is 6.10 Å². The Kier molecular flexibility index (Phi) is 2.55. The van der Waals surface area contributed by atoms with Crippen molar-refractivity contribution in [3.05, 3.63) is 29.3 Å². The third-order valence-electron chi connectivity index (χ3n) is 3.73. The summed E-state index contributed by atoms with van der Waals surface area (Å²) in [7, 11) is 0. The third-order valence-corrected chi connectivity index (χ3v) is 3.73. The molecule has 1 aromatic rings. The van der Waals surface area contributed by atoms with Gasteiger partial charge in [-0.1, -0.05) is 12.1 Å². The predicted octanol–water partition coefficient (Wildman–Crippen LogP) is 1.53. The van der Waals surface area contributed by atoms with Gasteiger partial charge in [-0.25, -0.2) is 4.79 Å². The maximum atomic E-state index is 11.9. The molecule has 2 atom stereocenters. The highest BCUT2D eigenvalue weighted by molar-refractivity contribution is 5.79. The molecule has 0 aromatic heterocycles. The SMILES string of the molecule is CCOC(=O)[C@@H]1Oc2cccc3c2[C@@]1(O)CCC3. The molecule has 0 bridgehead atoms. The standard InChI is InChI=1S/C14H16O4/c1-2-17-13(15)12-14(16)8-4-6-9-5-3-7-10(18-12)11(9)14/h3,5,7,12,16H,2,4,6,8H2,1H3/t12-,14-/m0/s1. The second-order valence-corrected chi connectivity index (χ2v) is 4.82. The van der Waals surface area contributed by atoms with Crippen LogP contribution in [0.15, 0.2) is 18.2 Å². The van der Waals surface area contributed by atoms with Crippen molar-refractivity contribution in [2.75, 3.05) is 6.61 Å². The molecule has 1 heterocycles. The molecule has 3 rings (SSSR count). The first kappa shape index (κ1) is 11.5. The van der Waals surface area contributed by atoms with Crippen molar-refractivity contribution in [3.63, 3.8) is 0 Å². The van der Waals surface area contributed by atoms with Gasteiger partial charge < -0.3 is 14.6 Å². The smallest absolute Gasteiger partial charge is 0.350 e. The van der Waals surface area contributed by atoms with E-state index in [4.69, 9.17) is 9.47 Å². The topological polar surface area (TPSA) is 55.8 Å². The Labute approximate surface area is 106 Å². The minimum atomic E-state index is -1.21. The van der Waals surface area contributed by atoms with Crippen LogP contribution in [-0.4, -0.2) is 23.8 Å². The Bertz CT molecular complexity index is 497.